The Morgan fingerprint density at radius 1 is 0.500 bits per heavy atom. The molecule has 3 unspecified atom stereocenters. The summed E-state index contributed by atoms with van der Waals surface area (Å²) in [6.07, 6.45) is 12.6. The highest BCUT2D eigenvalue weighted by atomic mass is 16.2. The largest absolute Gasteiger partial charge is 0.354 e. The van der Waals surface area contributed by atoms with Crippen LogP contribution in [0.3, 0.4) is 0 Å². The van der Waals surface area contributed by atoms with Crippen LogP contribution in [0.15, 0.2) is 0 Å². The molecule has 34 heavy (non-hydrogen) atoms. The van der Waals surface area contributed by atoms with Crippen LogP contribution in [0, 0.1) is 23.7 Å². The lowest BCUT2D eigenvalue weighted by molar-refractivity contribution is -0.133. The lowest BCUT2D eigenvalue weighted by Crippen LogP contribution is -2.50. The summed E-state index contributed by atoms with van der Waals surface area (Å²) in [6.45, 7) is 14.3. The average molecular weight is 481 g/mol. The van der Waals surface area contributed by atoms with E-state index in [1.165, 1.54) is 0 Å². The minimum Gasteiger partial charge on any atom is -0.354 e. The predicted octanol–water partition coefficient (Wildman–Crippen LogP) is 5.56. The van der Waals surface area contributed by atoms with Crippen molar-refractivity contribution in [3.8, 4) is 0 Å². The molecule has 6 heteroatoms. The molecule has 3 atom stereocenters. The second-order valence-corrected chi connectivity index (χ2v) is 9.75. The molecule has 0 aromatic carbocycles. The lowest BCUT2D eigenvalue weighted by Gasteiger charge is -2.21. The van der Waals surface area contributed by atoms with E-state index < -0.39 is 17.7 Å². The summed E-state index contributed by atoms with van der Waals surface area (Å²) in [5.74, 6) is -0.926. The molecule has 0 bridgehead atoms. The number of rotatable bonds is 21. The molecule has 0 rings (SSSR count). The molecule has 0 saturated carbocycles. The van der Waals surface area contributed by atoms with Crippen LogP contribution in [-0.2, 0) is 14.4 Å². The SMILES string of the molecule is CCCCC(CC)CNC(=O)[C](C(=O)NCC(CC)CCCC)C(=O)NCC(CC)CCCC. The maximum atomic E-state index is 13.0. The Kier molecular flexibility index (Phi) is 19.8. The van der Waals surface area contributed by atoms with Crippen molar-refractivity contribution < 1.29 is 14.4 Å². The summed E-state index contributed by atoms with van der Waals surface area (Å²) in [5, 5.41) is 8.64. The molecule has 0 fully saturated rings. The Morgan fingerprint density at radius 2 is 0.765 bits per heavy atom. The zero-order valence-corrected chi connectivity index (χ0v) is 23.1. The second-order valence-electron chi connectivity index (χ2n) is 9.75. The van der Waals surface area contributed by atoms with Gasteiger partial charge in [0.2, 0.25) is 23.6 Å². The summed E-state index contributed by atoms with van der Waals surface area (Å²) < 4.78 is 0. The summed E-state index contributed by atoms with van der Waals surface area (Å²) in [5.41, 5.74) is 0. The first-order valence-corrected chi connectivity index (χ1v) is 14.1. The molecule has 0 aliphatic rings. The monoisotopic (exact) mass is 480 g/mol. The lowest BCUT2D eigenvalue weighted by atomic mass is 9.97. The number of hydrogen-bond donors (Lipinski definition) is 3. The number of hydrogen-bond acceptors (Lipinski definition) is 3. The van der Waals surface area contributed by atoms with Crippen LogP contribution in [0.4, 0.5) is 0 Å². The molecule has 1 radical (unpaired) electrons. The first kappa shape index (κ1) is 32.4. The Hall–Kier alpha value is -1.59. The summed E-state index contributed by atoms with van der Waals surface area (Å²) >= 11 is 0. The van der Waals surface area contributed by atoms with E-state index in [1.807, 2.05) is 0 Å². The number of unbranched alkanes of at least 4 members (excludes halogenated alkanes) is 3. The highest BCUT2D eigenvalue weighted by Gasteiger charge is 2.36. The molecule has 6 nitrogen and oxygen atoms in total. The third-order valence-corrected chi connectivity index (χ3v) is 6.96. The standard InChI is InChI=1S/C28H54N3O3/c1-7-13-16-22(10-4)19-29-26(32)25(27(33)30-20-23(11-5)17-14-8-2)28(34)31-21-24(12-6)18-15-9-3/h22-24H,7-21H2,1-6H3,(H,29,32)(H,30,33)(H,31,34). The maximum absolute atomic E-state index is 13.0. The molecule has 0 spiro atoms. The van der Waals surface area contributed by atoms with Gasteiger partial charge in [-0.2, -0.15) is 0 Å². The maximum Gasteiger partial charge on any atom is 0.247 e. The van der Waals surface area contributed by atoms with E-state index in [-0.39, 0.29) is 5.92 Å². The van der Waals surface area contributed by atoms with Crippen LogP contribution < -0.4 is 16.0 Å². The third-order valence-electron chi connectivity index (χ3n) is 6.96. The van der Waals surface area contributed by atoms with Gasteiger partial charge in [0.05, 0.1) is 0 Å². The Labute approximate surface area is 210 Å². The van der Waals surface area contributed by atoms with Crippen molar-refractivity contribution in [2.24, 2.45) is 17.8 Å². The molecule has 3 N–H and O–H groups in total. The topological polar surface area (TPSA) is 87.3 Å². The number of nitrogens with one attached hydrogen (secondary N) is 3. The Balaban J connectivity index is 5.22. The summed E-state index contributed by atoms with van der Waals surface area (Å²) in [4.78, 5) is 39.1. The second kappa shape index (κ2) is 20.8. The first-order chi connectivity index (χ1) is 16.4. The van der Waals surface area contributed by atoms with E-state index >= 15 is 0 Å². The third kappa shape index (κ3) is 14.0. The average Bonchev–Trinajstić information content (AvgIpc) is 2.84. The van der Waals surface area contributed by atoms with Crippen molar-refractivity contribution in [2.45, 2.75) is 119 Å². The van der Waals surface area contributed by atoms with E-state index in [2.05, 4.69) is 57.5 Å². The van der Waals surface area contributed by atoms with Gasteiger partial charge in [-0.15, -0.1) is 0 Å². The fourth-order valence-corrected chi connectivity index (χ4v) is 4.12. The predicted molar refractivity (Wildman–Crippen MR) is 142 cm³/mol. The molecule has 0 aliphatic heterocycles. The van der Waals surface area contributed by atoms with E-state index in [1.54, 1.807) is 0 Å². The van der Waals surface area contributed by atoms with Crippen molar-refractivity contribution >= 4 is 17.7 Å². The smallest absolute Gasteiger partial charge is 0.247 e. The molecule has 0 saturated heterocycles. The van der Waals surface area contributed by atoms with Gasteiger partial charge in [0, 0.05) is 19.6 Å². The van der Waals surface area contributed by atoms with Gasteiger partial charge >= 0.3 is 0 Å². The molecule has 0 aromatic heterocycles. The van der Waals surface area contributed by atoms with E-state index in [4.69, 9.17) is 0 Å². The van der Waals surface area contributed by atoms with Crippen molar-refractivity contribution in [3.63, 3.8) is 0 Å². The fraction of sp³-hybridized carbons (Fsp3) is 0.857. The van der Waals surface area contributed by atoms with E-state index in [0.29, 0.717) is 37.4 Å². The Morgan fingerprint density at radius 3 is 0.971 bits per heavy atom. The molecule has 0 aliphatic carbocycles. The Bertz CT molecular complexity index is 477. The van der Waals surface area contributed by atoms with Crippen LogP contribution in [0.1, 0.15) is 119 Å². The normalized spacial score (nSPS) is 13.9. The van der Waals surface area contributed by atoms with Gasteiger partial charge in [0.15, 0.2) is 0 Å². The van der Waals surface area contributed by atoms with Crippen LogP contribution in [0.25, 0.3) is 0 Å². The van der Waals surface area contributed by atoms with Gasteiger partial charge < -0.3 is 16.0 Å². The molecular weight excluding hydrogens is 426 g/mol. The van der Waals surface area contributed by atoms with Gasteiger partial charge in [0.25, 0.3) is 0 Å². The van der Waals surface area contributed by atoms with Gasteiger partial charge in [-0.25, -0.2) is 0 Å². The van der Waals surface area contributed by atoms with Crippen molar-refractivity contribution in [1.29, 1.82) is 0 Å². The summed E-state index contributed by atoms with van der Waals surface area (Å²) in [6, 6.07) is 0. The minimum absolute atomic E-state index is 0.305. The summed E-state index contributed by atoms with van der Waals surface area (Å²) in [7, 11) is 0. The van der Waals surface area contributed by atoms with Crippen LogP contribution in [0.2, 0.25) is 0 Å². The van der Waals surface area contributed by atoms with Crippen LogP contribution in [0.5, 0.6) is 0 Å². The highest BCUT2D eigenvalue weighted by molar-refractivity contribution is 6.33. The molecule has 0 aromatic rings. The number of carbonyl (C=O) groups is 3. The zero-order chi connectivity index (χ0) is 25.8. The zero-order valence-electron chi connectivity index (χ0n) is 23.1. The number of amides is 3. The molecule has 0 heterocycles. The van der Waals surface area contributed by atoms with Crippen molar-refractivity contribution in [1.82, 2.24) is 16.0 Å². The van der Waals surface area contributed by atoms with Crippen molar-refractivity contribution in [2.75, 3.05) is 19.6 Å². The van der Waals surface area contributed by atoms with Crippen molar-refractivity contribution in [3.05, 3.63) is 5.92 Å². The fourth-order valence-electron chi connectivity index (χ4n) is 4.12. The first-order valence-electron chi connectivity index (χ1n) is 14.1. The van der Waals surface area contributed by atoms with E-state index in [0.717, 1.165) is 77.0 Å². The quantitative estimate of drug-likeness (QED) is 0.188. The van der Waals surface area contributed by atoms with E-state index in [9.17, 15) is 14.4 Å². The van der Waals surface area contributed by atoms with Gasteiger partial charge in [0.1, 0.15) is 0 Å². The van der Waals surface area contributed by atoms with Crippen LogP contribution >= 0.6 is 0 Å². The van der Waals surface area contributed by atoms with Gasteiger partial charge in [-0.3, -0.25) is 14.4 Å². The number of carbonyl (C=O) groups excluding carboxylic acids is 3. The van der Waals surface area contributed by atoms with Gasteiger partial charge in [-0.05, 0) is 37.0 Å². The highest BCUT2D eigenvalue weighted by Crippen LogP contribution is 2.15. The minimum atomic E-state index is -0.562. The molecule has 199 valence electrons. The van der Waals surface area contributed by atoms with Gasteiger partial charge in [-0.1, -0.05) is 99.3 Å². The molecular formula is C28H54N3O3. The molecule has 3 amide bonds. The van der Waals surface area contributed by atoms with Crippen LogP contribution in [-0.4, -0.2) is 37.4 Å².